The van der Waals surface area contributed by atoms with E-state index in [9.17, 15) is 0 Å². The Bertz CT molecular complexity index is 509. The summed E-state index contributed by atoms with van der Waals surface area (Å²) in [4.78, 5) is 2.56. The Kier molecular flexibility index (Phi) is 4.72. The largest absolute Gasteiger partial charge is 0.493 e. The Labute approximate surface area is 134 Å². The third-order valence-electron chi connectivity index (χ3n) is 4.69. The lowest BCUT2D eigenvalue weighted by atomic mass is 9.93. The van der Waals surface area contributed by atoms with Crippen molar-refractivity contribution < 1.29 is 9.47 Å². The predicted molar refractivity (Wildman–Crippen MR) is 87.0 cm³/mol. The molecule has 2 saturated heterocycles. The zero-order valence-corrected chi connectivity index (χ0v) is 14.3. The van der Waals surface area contributed by atoms with Crippen LogP contribution in [0, 0.1) is 5.92 Å². The molecule has 5 heteroatoms. The summed E-state index contributed by atoms with van der Waals surface area (Å²) in [5.74, 6) is 2.39. The Morgan fingerprint density at radius 1 is 1.24 bits per heavy atom. The highest BCUT2D eigenvalue weighted by Crippen LogP contribution is 2.34. The highest BCUT2D eigenvalue weighted by atomic mass is 79.9. The molecule has 0 radical (unpaired) electrons. The fourth-order valence-electron chi connectivity index (χ4n) is 3.52. The molecule has 1 aromatic carbocycles. The second kappa shape index (κ2) is 6.55. The van der Waals surface area contributed by atoms with Crippen LogP contribution in [0.15, 0.2) is 16.6 Å². The topological polar surface area (TPSA) is 33.7 Å². The first-order valence-corrected chi connectivity index (χ1v) is 8.36. The predicted octanol–water partition coefficient (Wildman–Crippen LogP) is 2.65. The van der Waals surface area contributed by atoms with E-state index in [1.807, 2.05) is 6.07 Å². The number of halogens is 1. The molecule has 2 heterocycles. The number of rotatable bonds is 4. The van der Waals surface area contributed by atoms with Crippen molar-refractivity contribution in [3.63, 3.8) is 0 Å². The average molecular weight is 355 g/mol. The molecule has 0 aromatic heterocycles. The molecule has 1 N–H and O–H groups in total. The van der Waals surface area contributed by atoms with Gasteiger partial charge in [-0.25, -0.2) is 0 Å². The van der Waals surface area contributed by atoms with Crippen LogP contribution in [0.1, 0.15) is 18.4 Å². The molecule has 2 aliphatic rings. The maximum atomic E-state index is 5.42. The number of fused-ring (bicyclic) bond motifs is 1. The Balaban J connectivity index is 1.72. The Hall–Kier alpha value is -0.780. The fraction of sp³-hybridized carbons (Fsp3) is 0.625. The highest BCUT2D eigenvalue weighted by molar-refractivity contribution is 9.10. The van der Waals surface area contributed by atoms with Gasteiger partial charge in [0, 0.05) is 23.6 Å². The summed E-state index contributed by atoms with van der Waals surface area (Å²) in [7, 11) is 3.35. The first-order valence-electron chi connectivity index (χ1n) is 7.57. The van der Waals surface area contributed by atoms with Gasteiger partial charge in [0.25, 0.3) is 0 Å². The molecule has 1 aromatic rings. The fourth-order valence-corrected chi connectivity index (χ4v) is 3.97. The SMILES string of the molecule is COc1cc(Br)c(CN2CCC3NCCC3C2)cc1OC. The summed E-state index contributed by atoms with van der Waals surface area (Å²) >= 11 is 3.66. The van der Waals surface area contributed by atoms with Crippen LogP contribution in [0.5, 0.6) is 11.5 Å². The van der Waals surface area contributed by atoms with E-state index in [0.29, 0.717) is 0 Å². The van der Waals surface area contributed by atoms with E-state index in [-0.39, 0.29) is 0 Å². The molecule has 21 heavy (non-hydrogen) atoms. The molecule has 2 atom stereocenters. The van der Waals surface area contributed by atoms with E-state index in [4.69, 9.17) is 9.47 Å². The molecule has 0 amide bonds. The number of methoxy groups -OCH3 is 2. The molecule has 116 valence electrons. The van der Waals surface area contributed by atoms with Gasteiger partial charge < -0.3 is 14.8 Å². The van der Waals surface area contributed by atoms with Gasteiger partial charge in [-0.05, 0) is 49.5 Å². The van der Waals surface area contributed by atoms with Crippen molar-refractivity contribution in [3.05, 3.63) is 22.2 Å². The monoisotopic (exact) mass is 354 g/mol. The number of piperidine rings is 1. The minimum Gasteiger partial charge on any atom is -0.493 e. The lowest BCUT2D eigenvalue weighted by molar-refractivity contribution is 0.155. The van der Waals surface area contributed by atoms with Crippen molar-refractivity contribution in [1.29, 1.82) is 0 Å². The summed E-state index contributed by atoms with van der Waals surface area (Å²) < 4.78 is 11.8. The van der Waals surface area contributed by atoms with Gasteiger partial charge in [0.1, 0.15) is 0 Å². The number of likely N-dealkylation sites (tertiary alicyclic amines) is 1. The molecule has 2 aliphatic heterocycles. The van der Waals surface area contributed by atoms with Crippen LogP contribution in [0.25, 0.3) is 0 Å². The van der Waals surface area contributed by atoms with Gasteiger partial charge in [-0.15, -0.1) is 0 Å². The van der Waals surface area contributed by atoms with Crippen molar-refractivity contribution in [2.75, 3.05) is 33.9 Å². The van der Waals surface area contributed by atoms with Crippen LogP contribution >= 0.6 is 15.9 Å². The van der Waals surface area contributed by atoms with Gasteiger partial charge in [0.05, 0.1) is 14.2 Å². The summed E-state index contributed by atoms with van der Waals surface area (Å²) in [5, 5.41) is 3.62. The molecule has 3 rings (SSSR count). The van der Waals surface area contributed by atoms with Crippen LogP contribution in [0.3, 0.4) is 0 Å². The lowest BCUT2D eigenvalue weighted by Crippen LogP contribution is -2.43. The van der Waals surface area contributed by atoms with Crippen molar-refractivity contribution in [1.82, 2.24) is 10.2 Å². The van der Waals surface area contributed by atoms with Gasteiger partial charge >= 0.3 is 0 Å². The molecule has 0 spiro atoms. The lowest BCUT2D eigenvalue weighted by Gasteiger charge is -2.35. The van der Waals surface area contributed by atoms with Crippen molar-refractivity contribution in [2.24, 2.45) is 5.92 Å². The van der Waals surface area contributed by atoms with E-state index in [0.717, 1.165) is 41.0 Å². The second-order valence-corrected chi connectivity index (χ2v) is 6.79. The summed E-state index contributed by atoms with van der Waals surface area (Å²) in [6, 6.07) is 4.83. The van der Waals surface area contributed by atoms with Gasteiger partial charge in [0.2, 0.25) is 0 Å². The molecule has 0 bridgehead atoms. The Morgan fingerprint density at radius 3 is 2.76 bits per heavy atom. The first kappa shape index (κ1) is 15.1. The van der Waals surface area contributed by atoms with Crippen LogP contribution in [0.4, 0.5) is 0 Å². The smallest absolute Gasteiger partial charge is 0.161 e. The van der Waals surface area contributed by atoms with E-state index < -0.39 is 0 Å². The van der Waals surface area contributed by atoms with Crippen LogP contribution < -0.4 is 14.8 Å². The number of hydrogen-bond donors (Lipinski definition) is 1. The zero-order chi connectivity index (χ0) is 14.8. The molecule has 4 nitrogen and oxygen atoms in total. The summed E-state index contributed by atoms with van der Waals surface area (Å²) in [5.41, 5.74) is 1.26. The first-order chi connectivity index (χ1) is 10.2. The number of ether oxygens (including phenoxy) is 2. The number of hydrogen-bond acceptors (Lipinski definition) is 4. The van der Waals surface area contributed by atoms with Crippen LogP contribution in [-0.4, -0.2) is 44.8 Å². The van der Waals surface area contributed by atoms with Crippen molar-refractivity contribution in [2.45, 2.75) is 25.4 Å². The van der Waals surface area contributed by atoms with Crippen LogP contribution in [0.2, 0.25) is 0 Å². The second-order valence-electron chi connectivity index (χ2n) is 5.93. The third kappa shape index (κ3) is 3.20. The van der Waals surface area contributed by atoms with Gasteiger partial charge in [-0.3, -0.25) is 4.90 Å². The van der Waals surface area contributed by atoms with Gasteiger partial charge in [-0.2, -0.15) is 0 Å². The van der Waals surface area contributed by atoms with Crippen molar-refractivity contribution in [3.8, 4) is 11.5 Å². The molecular weight excluding hydrogens is 332 g/mol. The highest BCUT2D eigenvalue weighted by Gasteiger charge is 2.32. The number of benzene rings is 1. The molecule has 0 aliphatic carbocycles. The summed E-state index contributed by atoms with van der Waals surface area (Å²) in [6.07, 6.45) is 2.57. The van der Waals surface area contributed by atoms with Crippen LogP contribution in [-0.2, 0) is 6.54 Å². The Morgan fingerprint density at radius 2 is 2.00 bits per heavy atom. The molecular formula is C16H23BrN2O2. The van der Waals surface area contributed by atoms with Gasteiger partial charge in [0.15, 0.2) is 11.5 Å². The van der Waals surface area contributed by atoms with E-state index in [1.54, 1.807) is 14.2 Å². The number of nitrogens with one attached hydrogen (secondary N) is 1. The molecule has 0 saturated carbocycles. The number of nitrogens with zero attached hydrogens (tertiary/aromatic N) is 1. The normalized spacial score (nSPS) is 25.7. The standard InChI is InChI=1S/C16H23BrN2O2/c1-20-15-7-12(13(17)8-16(15)21-2)10-19-6-4-14-11(9-19)3-5-18-14/h7-8,11,14,18H,3-6,9-10H2,1-2H3. The van der Waals surface area contributed by atoms with Gasteiger partial charge in [-0.1, -0.05) is 15.9 Å². The quantitative estimate of drug-likeness (QED) is 0.901. The molecule has 2 unspecified atom stereocenters. The van der Waals surface area contributed by atoms with Crippen molar-refractivity contribution >= 4 is 15.9 Å². The minimum atomic E-state index is 0.745. The van der Waals surface area contributed by atoms with E-state index >= 15 is 0 Å². The third-order valence-corrected chi connectivity index (χ3v) is 5.42. The average Bonchev–Trinajstić information content (AvgIpc) is 2.96. The zero-order valence-electron chi connectivity index (χ0n) is 12.7. The van der Waals surface area contributed by atoms with E-state index in [2.05, 4.69) is 32.2 Å². The van der Waals surface area contributed by atoms with E-state index in [1.165, 1.54) is 31.5 Å². The molecule has 2 fully saturated rings. The summed E-state index contributed by atoms with van der Waals surface area (Å²) in [6.45, 7) is 4.50. The minimum absolute atomic E-state index is 0.745. The maximum Gasteiger partial charge on any atom is 0.161 e. The maximum absolute atomic E-state index is 5.42.